The summed E-state index contributed by atoms with van der Waals surface area (Å²) in [5.74, 6) is 0.0427. The van der Waals surface area contributed by atoms with Gasteiger partial charge in [0.2, 0.25) is 5.91 Å². The van der Waals surface area contributed by atoms with Crippen molar-refractivity contribution in [3.63, 3.8) is 0 Å². The van der Waals surface area contributed by atoms with Crippen molar-refractivity contribution in [2.24, 2.45) is 17.8 Å². The molecule has 308 valence electrons. The van der Waals surface area contributed by atoms with Crippen LogP contribution in [0, 0.1) is 24.7 Å². The monoisotopic (exact) mass is 816 g/mol. The number of ketones is 1. The number of aromatic nitrogens is 4. The van der Waals surface area contributed by atoms with Gasteiger partial charge in [-0.15, -0.1) is 21.5 Å². The van der Waals surface area contributed by atoms with Crippen molar-refractivity contribution in [3.8, 4) is 27.4 Å². The maximum atomic E-state index is 14.4. The van der Waals surface area contributed by atoms with Gasteiger partial charge in [0.05, 0.1) is 51.3 Å². The summed E-state index contributed by atoms with van der Waals surface area (Å²) < 4.78 is 5.93. The van der Waals surface area contributed by atoms with Crippen LogP contribution in [0.15, 0.2) is 70.7 Å². The number of anilines is 2. The lowest BCUT2D eigenvalue weighted by molar-refractivity contribution is -0.134. The van der Waals surface area contributed by atoms with Crippen LogP contribution in [0.3, 0.4) is 0 Å². The van der Waals surface area contributed by atoms with Gasteiger partial charge in [-0.3, -0.25) is 14.5 Å². The van der Waals surface area contributed by atoms with E-state index in [-0.39, 0.29) is 47.8 Å². The van der Waals surface area contributed by atoms with E-state index in [1.54, 1.807) is 23.5 Å². The van der Waals surface area contributed by atoms with Crippen molar-refractivity contribution in [1.29, 1.82) is 0 Å². The highest BCUT2D eigenvalue weighted by Crippen LogP contribution is 2.43. The number of aliphatic hydroxyl groups excluding tert-OH is 1. The van der Waals surface area contributed by atoms with Crippen molar-refractivity contribution in [1.82, 2.24) is 30.6 Å². The topological polar surface area (TPSA) is 170 Å². The number of phenols is 1. The minimum absolute atomic E-state index is 0.0492. The molecule has 5 aromatic rings. The average molecular weight is 817 g/mol. The number of nitrogens with one attached hydrogen (secondary N) is 2. The molecule has 6 heterocycles. The Morgan fingerprint density at radius 2 is 1.75 bits per heavy atom. The molecule has 1 spiro atoms. The van der Waals surface area contributed by atoms with E-state index in [0.717, 1.165) is 84.3 Å². The number of hydrogen-bond donors (Lipinski definition) is 4. The summed E-state index contributed by atoms with van der Waals surface area (Å²) in [6.07, 6.45) is 2.61. The Bertz CT molecular complexity index is 2330. The number of benzene rings is 2. The Hall–Kier alpha value is -5.18. The van der Waals surface area contributed by atoms with E-state index >= 15 is 0 Å². The maximum absolute atomic E-state index is 14.4. The summed E-state index contributed by atoms with van der Waals surface area (Å²) in [5, 5.41) is 41.2. The summed E-state index contributed by atoms with van der Waals surface area (Å²) in [5.41, 5.74) is 7.33. The molecule has 9 rings (SSSR count). The quantitative estimate of drug-likeness (QED) is 0.114. The summed E-state index contributed by atoms with van der Waals surface area (Å²) in [4.78, 5) is 38.4. The molecule has 2 aromatic carbocycles. The van der Waals surface area contributed by atoms with Gasteiger partial charge in [0, 0.05) is 61.8 Å². The number of hydrogen-bond acceptors (Lipinski definition) is 13. The molecular weight excluding hydrogens is 765 g/mol. The van der Waals surface area contributed by atoms with E-state index < -0.39 is 23.9 Å². The molecule has 59 heavy (non-hydrogen) atoms. The third-order valence-electron chi connectivity index (χ3n) is 13.1. The number of phenolic OH excluding ortho intramolecular Hbond substituents is 1. The third kappa shape index (κ3) is 7.62. The number of rotatable bonds is 11. The summed E-state index contributed by atoms with van der Waals surface area (Å²) in [6.45, 7) is 11.4. The lowest BCUT2D eigenvalue weighted by atomic mass is 9.79. The zero-order valence-electron chi connectivity index (χ0n) is 34.0. The molecule has 3 fully saturated rings. The highest BCUT2D eigenvalue weighted by Gasteiger charge is 2.50. The molecule has 4 N–H and O–H groups in total. The van der Waals surface area contributed by atoms with Crippen molar-refractivity contribution in [3.05, 3.63) is 88.8 Å². The molecule has 3 aromatic heterocycles. The molecule has 2 unspecified atom stereocenters. The average Bonchev–Trinajstić information content (AvgIpc) is 4.03. The van der Waals surface area contributed by atoms with E-state index in [2.05, 4.69) is 40.8 Å². The fourth-order valence-corrected chi connectivity index (χ4v) is 10.7. The maximum Gasteiger partial charge on any atom is 0.224 e. The number of Topliss-reactive ketones (excluding diaryl/α,β-unsaturated/α-hetero) is 1. The Labute approximate surface area is 348 Å². The number of carbonyl (C=O) groups excluding carboxylic acids is 2. The highest BCUT2D eigenvalue weighted by molar-refractivity contribution is 7.13. The largest absolute Gasteiger partial charge is 0.507 e. The summed E-state index contributed by atoms with van der Waals surface area (Å²) >= 11 is 1.60. The SMILES string of the molecule is Cc1ncsc1-c1ccc([C@H](C)NC(=O)[C@@H]2C[C@@H](O)CC2C(=O)C(c2cc(N3CCC(N4CC5(Cc6cc(-c7ccccc7O)nnc6N5)C4)CC3)no2)C(C)C)cc1. The van der Waals surface area contributed by atoms with Gasteiger partial charge in [0.25, 0.3) is 0 Å². The van der Waals surface area contributed by atoms with Gasteiger partial charge in [0.1, 0.15) is 17.3 Å². The van der Waals surface area contributed by atoms with Gasteiger partial charge < -0.3 is 30.3 Å². The number of aromatic hydroxyl groups is 1. The number of aryl methyl sites for hydroxylation is 1. The van der Waals surface area contributed by atoms with Gasteiger partial charge in [-0.25, -0.2) is 4.98 Å². The van der Waals surface area contributed by atoms with Crippen LogP contribution in [-0.2, 0) is 16.0 Å². The molecule has 5 atom stereocenters. The van der Waals surface area contributed by atoms with Crippen LogP contribution >= 0.6 is 11.3 Å². The first-order valence-electron chi connectivity index (χ1n) is 20.9. The second kappa shape index (κ2) is 15.8. The van der Waals surface area contributed by atoms with Gasteiger partial charge in [0.15, 0.2) is 11.6 Å². The fraction of sp³-hybridized carbons (Fsp3) is 0.467. The van der Waals surface area contributed by atoms with Crippen LogP contribution in [0.25, 0.3) is 21.7 Å². The number of likely N-dealkylation sites (tertiary alicyclic amines) is 1. The molecule has 0 radical (unpaired) electrons. The van der Waals surface area contributed by atoms with Crippen LogP contribution in [0.4, 0.5) is 11.6 Å². The minimum atomic E-state index is -0.728. The van der Waals surface area contributed by atoms with Crippen molar-refractivity contribution < 1.29 is 24.3 Å². The molecule has 14 heteroatoms. The minimum Gasteiger partial charge on any atom is -0.507 e. The number of carbonyl (C=O) groups is 2. The number of aliphatic hydroxyl groups is 1. The molecular formula is C45H52N8O5S. The lowest BCUT2D eigenvalue weighted by Gasteiger charge is -2.53. The molecule has 1 saturated carbocycles. The Morgan fingerprint density at radius 1 is 1.00 bits per heavy atom. The normalized spacial score (nSPS) is 22.5. The molecule has 2 saturated heterocycles. The van der Waals surface area contributed by atoms with Crippen molar-refractivity contribution >= 4 is 34.7 Å². The predicted molar refractivity (Wildman–Crippen MR) is 226 cm³/mol. The van der Waals surface area contributed by atoms with Crippen LogP contribution in [0.5, 0.6) is 5.75 Å². The van der Waals surface area contributed by atoms with Gasteiger partial charge >= 0.3 is 0 Å². The zero-order chi connectivity index (χ0) is 41.0. The Balaban J connectivity index is 0.793. The first kappa shape index (κ1) is 39.3. The molecule has 0 bridgehead atoms. The third-order valence-corrected chi connectivity index (χ3v) is 14.1. The molecule has 1 aliphatic carbocycles. The van der Waals surface area contributed by atoms with E-state index in [1.807, 2.05) is 81.7 Å². The molecule has 3 aliphatic heterocycles. The second-order valence-electron chi connectivity index (χ2n) is 17.5. The number of amides is 1. The Morgan fingerprint density at radius 3 is 2.46 bits per heavy atom. The van der Waals surface area contributed by atoms with Crippen LogP contribution in [-0.4, -0.2) is 91.0 Å². The molecule has 13 nitrogen and oxygen atoms in total. The number of para-hydroxylation sites is 1. The predicted octanol–water partition coefficient (Wildman–Crippen LogP) is 6.53. The lowest BCUT2D eigenvalue weighted by Crippen LogP contribution is -2.68. The van der Waals surface area contributed by atoms with Crippen molar-refractivity contribution in [2.45, 2.75) is 89.4 Å². The molecule has 4 aliphatic rings. The number of piperidine rings is 1. The highest BCUT2D eigenvalue weighted by atomic mass is 32.1. The molecule has 1 amide bonds. The fourth-order valence-electron chi connectivity index (χ4n) is 9.92. The first-order valence-corrected chi connectivity index (χ1v) is 21.7. The van der Waals surface area contributed by atoms with Crippen LogP contribution in [0.2, 0.25) is 0 Å². The standard InChI is InChI=1S/C45H52N8O5S/c1-25(2)40(41(56)34-18-32(54)19-35(34)44(57)47-26(3)28-9-11-29(12-10-28)42-27(4)46-24-59-42)38-20-39(51-58-38)52-15-13-31(14-16-52)53-22-45(23-53)21-30-17-36(49-50-43(30)48-45)33-7-5-6-8-37(33)55/h5-12,17,20,24-26,31-32,34-35,40,54-55H,13-16,18-19,21-23H2,1-4H3,(H,47,57)(H,48,50)/t26-,32-,34?,35+,40?/m0/s1. The first-order chi connectivity index (χ1) is 28.4. The second-order valence-corrected chi connectivity index (χ2v) is 18.3. The van der Waals surface area contributed by atoms with Gasteiger partial charge in [-0.2, -0.15) is 0 Å². The zero-order valence-corrected chi connectivity index (χ0v) is 34.8. The smallest absolute Gasteiger partial charge is 0.224 e. The van der Waals surface area contributed by atoms with E-state index in [4.69, 9.17) is 4.52 Å². The van der Waals surface area contributed by atoms with Crippen LogP contribution < -0.4 is 15.5 Å². The number of thiazole rings is 1. The summed E-state index contributed by atoms with van der Waals surface area (Å²) in [7, 11) is 0. The van der Waals surface area contributed by atoms with E-state index in [9.17, 15) is 19.8 Å². The van der Waals surface area contributed by atoms with Crippen LogP contribution in [0.1, 0.15) is 81.0 Å². The van der Waals surface area contributed by atoms with E-state index in [1.165, 1.54) is 0 Å². The van der Waals surface area contributed by atoms with Gasteiger partial charge in [-0.05, 0) is 74.8 Å². The van der Waals surface area contributed by atoms with Gasteiger partial charge in [-0.1, -0.05) is 55.4 Å². The van der Waals surface area contributed by atoms with E-state index in [0.29, 0.717) is 23.1 Å². The van der Waals surface area contributed by atoms with Crippen molar-refractivity contribution in [2.75, 3.05) is 36.4 Å². The Kier molecular flexibility index (Phi) is 10.5. The summed E-state index contributed by atoms with van der Waals surface area (Å²) in [6, 6.07) is 19.5. The number of fused-ring (bicyclic) bond motifs is 1. The number of nitrogens with zero attached hydrogens (tertiary/aromatic N) is 6.